The highest BCUT2D eigenvalue weighted by atomic mass is 35.5. The molecular formula is C22H18ClF2N5O2. The third-order valence-corrected chi connectivity index (χ3v) is 5.11. The van der Waals surface area contributed by atoms with E-state index in [0.717, 1.165) is 12.1 Å². The van der Waals surface area contributed by atoms with Crippen LogP contribution in [0.1, 0.15) is 27.2 Å². The number of aliphatic hydroxyl groups excluding tert-OH is 1. The van der Waals surface area contributed by atoms with Gasteiger partial charge in [0.15, 0.2) is 6.10 Å². The highest BCUT2D eigenvalue weighted by Gasteiger charge is 2.21. The van der Waals surface area contributed by atoms with Crippen LogP contribution in [-0.2, 0) is 4.79 Å². The first kappa shape index (κ1) is 18.1. The number of nitrogens with one attached hydrogen (secondary N) is 1. The number of benzene rings is 2. The fourth-order valence-corrected chi connectivity index (χ4v) is 3.61. The Balaban J connectivity index is 1.70. The third-order valence-electron chi connectivity index (χ3n) is 4.84. The number of amides is 1. The van der Waals surface area contributed by atoms with Crippen molar-refractivity contribution < 1.29 is 22.8 Å². The van der Waals surface area contributed by atoms with Gasteiger partial charge in [-0.15, -0.1) is 0 Å². The highest BCUT2D eigenvalue weighted by molar-refractivity contribution is 6.29. The molecule has 1 atom stereocenters. The van der Waals surface area contributed by atoms with Crippen molar-refractivity contribution in [3.63, 3.8) is 0 Å². The van der Waals surface area contributed by atoms with Crippen LogP contribution in [0.2, 0.25) is 5.15 Å². The van der Waals surface area contributed by atoms with E-state index in [4.69, 9.17) is 21.4 Å². The van der Waals surface area contributed by atoms with Gasteiger partial charge in [-0.2, -0.15) is 0 Å². The summed E-state index contributed by atoms with van der Waals surface area (Å²) in [6.45, 7) is -0.898. The number of nitrogen functional groups attached to an aromatic ring is 1. The summed E-state index contributed by atoms with van der Waals surface area (Å²) in [7, 11) is 0. The van der Waals surface area contributed by atoms with E-state index >= 15 is 0 Å². The summed E-state index contributed by atoms with van der Waals surface area (Å²) in [6.07, 6.45) is -0.585. The fourth-order valence-electron chi connectivity index (χ4n) is 3.40. The van der Waals surface area contributed by atoms with Crippen LogP contribution in [-0.4, -0.2) is 25.4 Å². The topological polar surface area (TPSA) is 106 Å². The largest absolute Gasteiger partial charge is 0.382 e. The molecule has 0 fully saturated rings. The van der Waals surface area contributed by atoms with Gasteiger partial charge in [0.25, 0.3) is 5.91 Å². The Morgan fingerprint density at radius 1 is 1.28 bits per heavy atom. The lowest BCUT2D eigenvalue weighted by atomic mass is 10.0. The predicted molar refractivity (Wildman–Crippen MR) is 117 cm³/mol. The lowest BCUT2D eigenvalue weighted by molar-refractivity contribution is -0.124. The Morgan fingerprint density at radius 3 is 2.66 bits per heavy atom. The number of carbonyl (C=O) groups is 1. The summed E-state index contributed by atoms with van der Waals surface area (Å²) >= 11 is 6.20. The van der Waals surface area contributed by atoms with Gasteiger partial charge in [-0.1, -0.05) is 17.7 Å². The number of hydrogen-bond donors (Lipinski definition) is 3. The zero-order valence-corrected chi connectivity index (χ0v) is 17.3. The molecule has 0 bridgehead atoms. The second-order valence-electron chi connectivity index (χ2n) is 7.06. The van der Waals surface area contributed by atoms with Crippen molar-refractivity contribution in [1.29, 1.82) is 0 Å². The lowest BCUT2D eigenvalue weighted by Crippen LogP contribution is -2.21. The van der Waals surface area contributed by atoms with E-state index in [0.29, 0.717) is 17.2 Å². The number of halogens is 3. The maximum absolute atomic E-state index is 13.4. The van der Waals surface area contributed by atoms with Crippen LogP contribution in [0.3, 0.4) is 0 Å². The van der Waals surface area contributed by atoms with Crippen molar-refractivity contribution in [1.82, 2.24) is 14.4 Å². The average molecular weight is 461 g/mol. The Bertz CT molecular complexity index is 1460. The number of aryl methyl sites for hydroxylation is 2. The zero-order chi connectivity index (χ0) is 25.7. The minimum atomic E-state index is -2.59. The summed E-state index contributed by atoms with van der Waals surface area (Å²) in [6, 6.07) is 6.97. The van der Waals surface area contributed by atoms with E-state index in [1.165, 1.54) is 16.7 Å². The second-order valence-corrected chi connectivity index (χ2v) is 7.45. The average Bonchev–Trinajstić information content (AvgIpc) is 3.17. The number of anilines is 2. The van der Waals surface area contributed by atoms with Crippen LogP contribution in [0.15, 0.2) is 42.6 Å². The summed E-state index contributed by atoms with van der Waals surface area (Å²) in [5.74, 6) is -3.02. The minimum Gasteiger partial charge on any atom is -0.382 e. The smallest absolute Gasteiger partial charge is 0.257 e. The fraction of sp³-hybridized carbons (Fsp3) is 0.136. The van der Waals surface area contributed by atoms with Crippen molar-refractivity contribution in [2.24, 2.45) is 0 Å². The van der Waals surface area contributed by atoms with Crippen LogP contribution < -0.4 is 11.1 Å². The molecule has 2 aromatic carbocycles. The molecule has 1 amide bonds. The molecule has 2 aromatic heterocycles. The number of fused-ring (bicyclic) bond motifs is 1. The number of hydrogen-bond acceptors (Lipinski definition) is 5. The molecular weight excluding hydrogens is 440 g/mol. The monoisotopic (exact) mass is 460 g/mol. The summed E-state index contributed by atoms with van der Waals surface area (Å²) < 4.78 is 51.5. The first-order valence-electron chi connectivity index (χ1n) is 10.8. The van der Waals surface area contributed by atoms with Gasteiger partial charge in [-0.25, -0.2) is 18.7 Å². The van der Waals surface area contributed by atoms with Gasteiger partial charge in [0.2, 0.25) is 0 Å². The van der Waals surface area contributed by atoms with E-state index < -0.39 is 30.5 Å². The molecule has 10 heteroatoms. The zero-order valence-electron chi connectivity index (χ0n) is 19.5. The van der Waals surface area contributed by atoms with Gasteiger partial charge in [-0.3, -0.25) is 9.20 Å². The number of carbonyl (C=O) groups excluding carboxylic acids is 1. The van der Waals surface area contributed by atoms with E-state index in [9.17, 15) is 18.7 Å². The summed E-state index contributed by atoms with van der Waals surface area (Å²) in [5.41, 5.74) is 7.58. The first-order valence-corrected chi connectivity index (χ1v) is 9.63. The molecule has 0 unspecified atom stereocenters. The quantitative estimate of drug-likeness (QED) is 0.423. The molecule has 2 heterocycles. The van der Waals surface area contributed by atoms with Crippen LogP contribution in [0.4, 0.5) is 20.3 Å². The third kappa shape index (κ3) is 3.88. The molecule has 7 nitrogen and oxygen atoms in total. The summed E-state index contributed by atoms with van der Waals surface area (Å²) in [5, 5.41) is 12.7. The standard InChI is InChI=1S/C22H18ClF2N5O2/c1-10-5-15(29-22(32)20(31)12-6-13(24)8-14(25)7-12)3-4-16(10)18-19-21(26)27-9-17(23)30(19)11(2)28-18/h3-9,20,31H,1-2H3,(H2,26,27)(H,29,32)/t20-/m1/s1/i2D3. The van der Waals surface area contributed by atoms with Crippen LogP contribution in [0.5, 0.6) is 0 Å². The van der Waals surface area contributed by atoms with E-state index in [-0.39, 0.29) is 39.3 Å². The molecule has 0 aliphatic heterocycles. The van der Waals surface area contributed by atoms with E-state index in [1.807, 2.05) is 0 Å². The van der Waals surface area contributed by atoms with E-state index in [1.54, 1.807) is 19.1 Å². The van der Waals surface area contributed by atoms with Crippen LogP contribution in [0.25, 0.3) is 16.8 Å². The van der Waals surface area contributed by atoms with Gasteiger partial charge >= 0.3 is 0 Å². The number of rotatable bonds is 4. The Labute approximate surface area is 190 Å². The Morgan fingerprint density at radius 2 is 2.00 bits per heavy atom. The first-order chi connectivity index (χ1) is 16.4. The Hall–Kier alpha value is -3.56. The van der Waals surface area contributed by atoms with Crippen molar-refractivity contribution in [2.75, 3.05) is 11.1 Å². The van der Waals surface area contributed by atoms with Crippen molar-refractivity contribution in [2.45, 2.75) is 19.9 Å². The number of aromatic nitrogens is 3. The SMILES string of the molecule is [2H]C([2H])([2H])c1nc(-c2ccc(NC(=O)[C@H](O)c3cc(F)cc(F)c3)cc2C)c2c(N)ncc(Cl)n12. The number of imidazole rings is 1. The molecule has 4 aromatic rings. The van der Waals surface area contributed by atoms with E-state index in [2.05, 4.69) is 15.3 Å². The van der Waals surface area contributed by atoms with Gasteiger partial charge in [0.1, 0.15) is 39.6 Å². The molecule has 4 rings (SSSR count). The molecule has 0 aliphatic rings. The van der Waals surface area contributed by atoms with Crippen molar-refractivity contribution in [3.8, 4) is 11.3 Å². The molecule has 164 valence electrons. The maximum atomic E-state index is 13.4. The predicted octanol–water partition coefficient (Wildman–Crippen LogP) is 4.20. The molecule has 0 spiro atoms. The highest BCUT2D eigenvalue weighted by Crippen LogP contribution is 2.33. The van der Waals surface area contributed by atoms with Gasteiger partial charge in [0, 0.05) is 21.4 Å². The molecule has 4 N–H and O–H groups in total. The second kappa shape index (κ2) is 8.18. The minimum absolute atomic E-state index is 0.0170. The lowest BCUT2D eigenvalue weighted by Gasteiger charge is -2.13. The molecule has 32 heavy (non-hydrogen) atoms. The number of nitrogens with two attached hydrogens (primary N) is 1. The summed E-state index contributed by atoms with van der Waals surface area (Å²) in [4.78, 5) is 20.7. The van der Waals surface area contributed by atoms with Gasteiger partial charge in [-0.05, 0) is 49.2 Å². The molecule has 0 saturated carbocycles. The van der Waals surface area contributed by atoms with Crippen LogP contribution >= 0.6 is 11.6 Å². The molecule has 0 saturated heterocycles. The molecule has 0 aliphatic carbocycles. The van der Waals surface area contributed by atoms with Crippen molar-refractivity contribution >= 4 is 34.5 Å². The Kier molecular flexibility index (Phi) is 4.61. The van der Waals surface area contributed by atoms with Crippen molar-refractivity contribution in [3.05, 3.63) is 76.3 Å². The molecule has 0 radical (unpaired) electrons. The maximum Gasteiger partial charge on any atom is 0.257 e. The number of nitrogens with zero attached hydrogens (tertiary/aromatic N) is 3. The van der Waals surface area contributed by atoms with Gasteiger partial charge in [0.05, 0.1) is 6.20 Å². The van der Waals surface area contributed by atoms with Gasteiger partial charge < -0.3 is 16.2 Å². The number of aliphatic hydroxyl groups is 1. The van der Waals surface area contributed by atoms with Crippen LogP contribution in [0, 0.1) is 25.4 Å². The normalized spacial score (nSPS) is 14.0.